The van der Waals surface area contributed by atoms with E-state index in [9.17, 15) is 8.78 Å². The molecule has 18 heavy (non-hydrogen) atoms. The molecule has 6 heteroatoms. The lowest BCUT2D eigenvalue weighted by Crippen LogP contribution is -2.18. The Balaban J connectivity index is 2.29. The molecule has 0 aliphatic rings. The predicted molar refractivity (Wildman–Crippen MR) is 68.3 cm³/mol. The molecule has 0 amide bonds. The largest absolute Gasteiger partial charge is 0.394 e. The van der Waals surface area contributed by atoms with Crippen LogP contribution < -0.4 is 5.32 Å². The normalized spacial score (nSPS) is 10.9. The average molecular weight is 324 g/mol. The minimum absolute atomic E-state index is 0.00188. The van der Waals surface area contributed by atoms with Crippen molar-refractivity contribution in [2.24, 2.45) is 0 Å². The number of halogens is 3. The van der Waals surface area contributed by atoms with E-state index in [0.717, 1.165) is 6.42 Å². The van der Waals surface area contributed by atoms with E-state index < -0.39 is 11.6 Å². The maximum Gasteiger partial charge on any atom is 0.144 e. The van der Waals surface area contributed by atoms with Crippen molar-refractivity contribution in [3.63, 3.8) is 0 Å². The summed E-state index contributed by atoms with van der Waals surface area (Å²) < 4.78 is 32.2. The van der Waals surface area contributed by atoms with Crippen LogP contribution in [0.15, 0.2) is 16.6 Å². The smallest absolute Gasteiger partial charge is 0.144 e. The first-order valence-corrected chi connectivity index (χ1v) is 6.47. The SMILES string of the molecule is OCCOCCCNCc1c(F)ccc(Br)c1F. The Morgan fingerprint density at radius 3 is 2.78 bits per heavy atom. The molecule has 1 aromatic rings. The molecule has 0 fully saturated rings. The number of hydrogen-bond donors (Lipinski definition) is 2. The second kappa shape index (κ2) is 8.53. The summed E-state index contributed by atoms with van der Waals surface area (Å²) in [5.74, 6) is -1.13. The number of benzene rings is 1. The second-order valence-electron chi connectivity index (χ2n) is 3.69. The van der Waals surface area contributed by atoms with Crippen molar-refractivity contribution in [3.8, 4) is 0 Å². The zero-order valence-electron chi connectivity index (χ0n) is 9.89. The molecule has 102 valence electrons. The van der Waals surface area contributed by atoms with Crippen LogP contribution in [0.25, 0.3) is 0 Å². The molecule has 0 bridgehead atoms. The summed E-state index contributed by atoms with van der Waals surface area (Å²) in [7, 11) is 0. The molecule has 0 unspecified atom stereocenters. The highest BCUT2D eigenvalue weighted by molar-refractivity contribution is 9.10. The summed E-state index contributed by atoms with van der Waals surface area (Å²) in [5, 5.41) is 11.4. The lowest BCUT2D eigenvalue weighted by atomic mass is 10.2. The lowest BCUT2D eigenvalue weighted by Gasteiger charge is -2.08. The van der Waals surface area contributed by atoms with Crippen molar-refractivity contribution in [1.29, 1.82) is 0 Å². The number of aliphatic hydroxyl groups excluding tert-OH is 1. The minimum atomic E-state index is -0.570. The average Bonchev–Trinajstić information content (AvgIpc) is 2.36. The van der Waals surface area contributed by atoms with Crippen molar-refractivity contribution in [2.45, 2.75) is 13.0 Å². The maximum absolute atomic E-state index is 13.6. The van der Waals surface area contributed by atoms with Gasteiger partial charge in [0.25, 0.3) is 0 Å². The molecular formula is C12H16BrF2NO2. The fourth-order valence-electron chi connectivity index (χ4n) is 1.41. The van der Waals surface area contributed by atoms with Crippen molar-refractivity contribution in [1.82, 2.24) is 5.32 Å². The monoisotopic (exact) mass is 323 g/mol. The van der Waals surface area contributed by atoms with Crippen molar-refractivity contribution in [3.05, 3.63) is 33.8 Å². The van der Waals surface area contributed by atoms with E-state index in [1.54, 1.807) is 0 Å². The topological polar surface area (TPSA) is 41.5 Å². The zero-order valence-corrected chi connectivity index (χ0v) is 11.5. The molecule has 0 atom stereocenters. The Kier molecular flexibility index (Phi) is 7.34. The van der Waals surface area contributed by atoms with E-state index in [1.165, 1.54) is 12.1 Å². The van der Waals surface area contributed by atoms with Gasteiger partial charge in [-0.15, -0.1) is 0 Å². The van der Waals surface area contributed by atoms with E-state index >= 15 is 0 Å². The summed E-state index contributed by atoms with van der Waals surface area (Å²) in [6.45, 7) is 1.56. The third kappa shape index (κ3) is 4.97. The summed E-state index contributed by atoms with van der Waals surface area (Å²) in [4.78, 5) is 0. The van der Waals surface area contributed by atoms with Gasteiger partial charge in [-0.1, -0.05) is 0 Å². The fourth-order valence-corrected chi connectivity index (χ4v) is 1.78. The molecule has 1 rings (SSSR count). The molecule has 0 aliphatic heterocycles. The van der Waals surface area contributed by atoms with Crippen LogP contribution in [-0.4, -0.2) is 31.5 Å². The number of ether oxygens (including phenoxy) is 1. The minimum Gasteiger partial charge on any atom is -0.394 e. The highest BCUT2D eigenvalue weighted by Gasteiger charge is 2.11. The van der Waals surface area contributed by atoms with Crippen LogP contribution in [0, 0.1) is 11.6 Å². The van der Waals surface area contributed by atoms with Crippen molar-refractivity contribution in [2.75, 3.05) is 26.4 Å². The van der Waals surface area contributed by atoms with Crippen molar-refractivity contribution < 1.29 is 18.6 Å². The van der Waals surface area contributed by atoms with Crippen LogP contribution in [0.2, 0.25) is 0 Å². The van der Waals surface area contributed by atoms with Gasteiger partial charge < -0.3 is 15.2 Å². The van der Waals surface area contributed by atoms with Gasteiger partial charge in [0, 0.05) is 18.7 Å². The van der Waals surface area contributed by atoms with Crippen LogP contribution in [0.4, 0.5) is 8.78 Å². The summed E-state index contributed by atoms with van der Waals surface area (Å²) in [6, 6.07) is 2.57. The Morgan fingerprint density at radius 1 is 1.28 bits per heavy atom. The Bertz CT molecular complexity index is 377. The van der Waals surface area contributed by atoms with Gasteiger partial charge in [-0.3, -0.25) is 0 Å². The van der Waals surface area contributed by atoms with Gasteiger partial charge in [-0.25, -0.2) is 8.78 Å². The molecule has 1 aromatic carbocycles. The van der Waals surface area contributed by atoms with Gasteiger partial charge in [-0.05, 0) is 41.0 Å². The molecular weight excluding hydrogens is 308 g/mol. The van der Waals surface area contributed by atoms with Crippen LogP contribution >= 0.6 is 15.9 Å². The molecule has 0 aromatic heterocycles. The number of rotatable bonds is 8. The molecule has 2 N–H and O–H groups in total. The van der Waals surface area contributed by atoms with E-state index in [1.807, 2.05) is 0 Å². The van der Waals surface area contributed by atoms with Gasteiger partial charge in [0.2, 0.25) is 0 Å². The van der Waals surface area contributed by atoms with Crippen LogP contribution in [0.1, 0.15) is 12.0 Å². The second-order valence-corrected chi connectivity index (χ2v) is 4.54. The highest BCUT2D eigenvalue weighted by Crippen LogP contribution is 2.21. The lowest BCUT2D eigenvalue weighted by molar-refractivity contribution is 0.0907. The highest BCUT2D eigenvalue weighted by atomic mass is 79.9. The van der Waals surface area contributed by atoms with Crippen LogP contribution in [0.3, 0.4) is 0 Å². The molecule has 3 nitrogen and oxygen atoms in total. The summed E-state index contributed by atoms with van der Waals surface area (Å²) in [6.07, 6.45) is 0.719. The van der Waals surface area contributed by atoms with Crippen molar-refractivity contribution >= 4 is 15.9 Å². The Morgan fingerprint density at radius 2 is 2.06 bits per heavy atom. The van der Waals surface area contributed by atoms with Gasteiger partial charge >= 0.3 is 0 Å². The molecule has 0 saturated heterocycles. The van der Waals surface area contributed by atoms with Gasteiger partial charge in [0.15, 0.2) is 0 Å². The van der Waals surface area contributed by atoms with Gasteiger partial charge in [0.1, 0.15) is 11.6 Å². The first-order chi connectivity index (χ1) is 8.66. The Hall–Kier alpha value is -0.560. The first-order valence-electron chi connectivity index (χ1n) is 5.68. The van der Waals surface area contributed by atoms with Crippen LogP contribution in [0.5, 0.6) is 0 Å². The quantitative estimate of drug-likeness (QED) is 0.569. The number of nitrogens with one attached hydrogen (secondary N) is 1. The van der Waals surface area contributed by atoms with E-state index in [-0.39, 0.29) is 23.2 Å². The zero-order chi connectivity index (χ0) is 13.4. The first kappa shape index (κ1) is 15.5. The Labute approximate surface area is 113 Å². The third-order valence-corrected chi connectivity index (χ3v) is 2.93. The van der Waals surface area contributed by atoms with E-state index in [0.29, 0.717) is 19.8 Å². The summed E-state index contributed by atoms with van der Waals surface area (Å²) >= 11 is 3.02. The number of aliphatic hydroxyl groups is 1. The molecule has 0 spiro atoms. The number of hydrogen-bond acceptors (Lipinski definition) is 3. The fraction of sp³-hybridized carbons (Fsp3) is 0.500. The molecule has 0 radical (unpaired) electrons. The maximum atomic E-state index is 13.6. The predicted octanol–water partition coefficient (Wildman–Crippen LogP) is 2.22. The van der Waals surface area contributed by atoms with E-state index in [4.69, 9.17) is 9.84 Å². The van der Waals surface area contributed by atoms with Crippen LogP contribution in [-0.2, 0) is 11.3 Å². The summed E-state index contributed by atoms with van der Waals surface area (Å²) in [5.41, 5.74) is 0.0284. The van der Waals surface area contributed by atoms with Gasteiger partial charge in [-0.2, -0.15) is 0 Å². The van der Waals surface area contributed by atoms with Gasteiger partial charge in [0.05, 0.1) is 17.7 Å². The molecule has 0 heterocycles. The standard InChI is InChI=1S/C12H16BrF2NO2/c13-10-2-3-11(14)9(12(10)15)8-16-4-1-6-18-7-5-17/h2-3,16-17H,1,4-8H2. The molecule has 0 saturated carbocycles. The molecule has 0 aliphatic carbocycles. The third-order valence-electron chi connectivity index (χ3n) is 2.32. The van der Waals surface area contributed by atoms with E-state index in [2.05, 4.69) is 21.2 Å².